The normalized spacial score (nSPS) is 22.7. The van der Waals surface area contributed by atoms with E-state index in [1.807, 2.05) is 23.5 Å². The zero-order valence-corrected chi connectivity index (χ0v) is 22.0. The summed E-state index contributed by atoms with van der Waals surface area (Å²) in [5, 5.41) is 0.561. The van der Waals surface area contributed by atoms with E-state index in [-0.39, 0.29) is 10.2 Å². The smallest absolute Gasteiger partial charge is 0.118 e. The Kier molecular flexibility index (Phi) is 7.32. The van der Waals surface area contributed by atoms with E-state index in [1.54, 1.807) is 14.2 Å². The van der Waals surface area contributed by atoms with Crippen molar-refractivity contribution in [2.24, 2.45) is 16.7 Å². The van der Waals surface area contributed by atoms with Crippen molar-refractivity contribution in [3.05, 3.63) is 48.5 Å². The molecule has 0 bridgehead atoms. The highest BCUT2D eigenvalue weighted by Crippen LogP contribution is 2.60. The van der Waals surface area contributed by atoms with Crippen LogP contribution in [0.1, 0.15) is 54.4 Å². The molecule has 0 spiro atoms. The monoisotopic (exact) mass is 458 g/mol. The standard InChI is InChI=1S/C27H38O2S2/c1-25(2)17-23(27(5,6)31-22-15-11-20(29-8)12-16-22)26(3,4)24(18-25)30-21-13-9-19(28-7)10-14-21/h9-16,23-24H,17-18H2,1-8H3/t23-,24+/m0/s1. The maximum absolute atomic E-state index is 5.35. The SMILES string of the molecule is COc1ccc(S[C@@H]2CC(C)(C)C[C@H](C(C)(C)Sc3ccc(OC)cc3)C2(C)C)cc1. The zero-order valence-electron chi connectivity index (χ0n) is 20.3. The van der Waals surface area contributed by atoms with Gasteiger partial charge in [-0.2, -0.15) is 0 Å². The van der Waals surface area contributed by atoms with E-state index in [0.717, 1.165) is 11.5 Å². The van der Waals surface area contributed by atoms with Crippen molar-refractivity contribution >= 4 is 23.5 Å². The van der Waals surface area contributed by atoms with Crippen LogP contribution in [0.5, 0.6) is 11.5 Å². The molecule has 1 aliphatic rings. The molecule has 2 aromatic rings. The van der Waals surface area contributed by atoms with Crippen LogP contribution in [0.3, 0.4) is 0 Å². The number of benzene rings is 2. The molecule has 2 nitrogen and oxygen atoms in total. The number of hydrogen-bond acceptors (Lipinski definition) is 4. The van der Waals surface area contributed by atoms with Crippen molar-refractivity contribution < 1.29 is 9.47 Å². The van der Waals surface area contributed by atoms with Crippen LogP contribution < -0.4 is 9.47 Å². The van der Waals surface area contributed by atoms with Crippen LogP contribution in [0, 0.1) is 16.7 Å². The van der Waals surface area contributed by atoms with Crippen LogP contribution in [-0.2, 0) is 0 Å². The summed E-state index contributed by atoms with van der Waals surface area (Å²) in [4.78, 5) is 2.64. The Labute approximate surface area is 197 Å². The lowest BCUT2D eigenvalue weighted by atomic mass is 9.57. The van der Waals surface area contributed by atoms with Gasteiger partial charge in [0.05, 0.1) is 14.2 Å². The Morgan fingerprint density at radius 3 is 1.74 bits per heavy atom. The molecule has 4 heteroatoms. The minimum absolute atomic E-state index is 0.120. The van der Waals surface area contributed by atoms with Crippen LogP contribution >= 0.6 is 23.5 Å². The maximum atomic E-state index is 5.35. The fourth-order valence-electron chi connectivity index (χ4n) is 5.06. The third kappa shape index (κ3) is 5.76. The molecule has 2 atom stereocenters. The topological polar surface area (TPSA) is 18.5 Å². The van der Waals surface area contributed by atoms with Gasteiger partial charge in [0.25, 0.3) is 0 Å². The Morgan fingerprint density at radius 2 is 1.26 bits per heavy atom. The lowest BCUT2D eigenvalue weighted by Gasteiger charge is -2.56. The summed E-state index contributed by atoms with van der Waals surface area (Å²) in [5.74, 6) is 2.42. The van der Waals surface area contributed by atoms with Gasteiger partial charge >= 0.3 is 0 Å². The zero-order chi connectivity index (χ0) is 22.9. The van der Waals surface area contributed by atoms with E-state index in [9.17, 15) is 0 Å². The molecular weight excluding hydrogens is 420 g/mol. The molecule has 1 saturated carbocycles. The molecule has 1 fully saturated rings. The van der Waals surface area contributed by atoms with Crippen LogP contribution in [0.4, 0.5) is 0 Å². The van der Waals surface area contributed by atoms with Gasteiger partial charge in [-0.15, -0.1) is 23.5 Å². The summed E-state index contributed by atoms with van der Waals surface area (Å²) in [6.45, 7) is 14.8. The first-order valence-corrected chi connectivity index (χ1v) is 12.8. The molecule has 0 amide bonds. The lowest BCUT2D eigenvalue weighted by molar-refractivity contribution is 0.0437. The molecule has 170 valence electrons. The number of hydrogen-bond donors (Lipinski definition) is 0. The Morgan fingerprint density at radius 1 is 0.774 bits per heavy atom. The van der Waals surface area contributed by atoms with E-state index in [4.69, 9.17) is 9.47 Å². The van der Waals surface area contributed by atoms with Crippen molar-refractivity contribution in [1.29, 1.82) is 0 Å². The number of ether oxygens (including phenoxy) is 2. The van der Waals surface area contributed by atoms with E-state index in [1.165, 1.54) is 22.6 Å². The van der Waals surface area contributed by atoms with Gasteiger partial charge in [-0.3, -0.25) is 0 Å². The summed E-state index contributed by atoms with van der Waals surface area (Å²) >= 11 is 4.05. The van der Waals surface area contributed by atoms with Crippen LogP contribution in [0.25, 0.3) is 0 Å². The maximum Gasteiger partial charge on any atom is 0.118 e. The van der Waals surface area contributed by atoms with Crippen LogP contribution in [0.15, 0.2) is 58.3 Å². The molecule has 0 N–H and O–H groups in total. The molecule has 0 aliphatic heterocycles. The molecule has 2 aromatic carbocycles. The highest BCUT2D eigenvalue weighted by molar-refractivity contribution is 8.00. The average Bonchev–Trinajstić information content (AvgIpc) is 2.71. The molecule has 1 aliphatic carbocycles. The largest absolute Gasteiger partial charge is 0.497 e. The van der Waals surface area contributed by atoms with E-state index < -0.39 is 0 Å². The van der Waals surface area contributed by atoms with Crippen molar-refractivity contribution in [2.75, 3.05) is 14.2 Å². The van der Waals surface area contributed by atoms with Crippen molar-refractivity contribution in [2.45, 2.75) is 74.2 Å². The second-order valence-electron chi connectivity index (χ2n) is 10.6. The molecule has 31 heavy (non-hydrogen) atoms. The molecular formula is C27H38O2S2. The first-order valence-electron chi connectivity index (χ1n) is 11.1. The highest BCUT2D eigenvalue weighted by Gasteiger charge is 2.52. The Balaban J connectivity index is 1.84. The fraction of sp³-hybridized carbons (Fsp3) is 0.556. The summed E-state index contributed by atoms with van der Waals surface area (Å²) < 4.78 is 10.8. The molecule has 0 saturated heterocycles. The first-order chi connectivity index (χ1) is 14.5. The van der Waals surface area contributed by atoms with Gasteiger partial charge in [0.1, 0.15) is 11.5 Å². The second-order valence-corrected chi connectivity index (χ2v) is 13.6. The van der Waals surface area contributed by atoms with Crippen LogP contribution in [-0.4, -0.2) is 24.2 Å². The predicted molar refractivity (Wildman–Crippen MR) is 136 cm³/mol. The fourth-order valence-corrected chi connectivity index (χ4v) is 8.09. The molecule has 0 radical (unpaired) electrons. The quantitative estimate of drug-likeness (QED) is 0.389. The van der Waals surface area contributed by atoms with Crippen molar-refractivity contribution in [3.63, 3.8) is 0 Å². The van der Waals surface area contributed by atoms with E-state index >= 15 is 0 Å². The Bertz CT molecular complexity index is 854. The number of thioether (sulfide) groups is 2. The second kappa shape index (κ2) is 9.31. The van der Waals surface area contributed by atoms with Crippen LogP contribution in [0.2, 0.25) is 0 Å². The minimum atomic E-state index is 0.120. The third-order valence-corrected chi connectivity index (χ3v) is 9.76. The minimum Gasteiger partial charge on any atom is -0.497 e. The summed E-state index contributed by atoms with van der Waals surface area (Å²) in [7, 11) is 3.45. The van der Waals surface area contributed by atoms with Gasteiger partial charge in [-0.25, -0.2) is 0 Å². The predicted octanol–water partition coefficient (Wildman–Crippen LogP) is 8.20. The summed E-state index contributed by atoms with van der Waals surface area (Å²) in [6, 6.07) is 17.1. The van der Waals surface area contributed by atoms with Gasteiger partial charge in [-0.1, -0.05) is 41.5 Å². The van der Waals surface area contributed by atoms with Gasteiger partial charge in [0, 0.05) is 19.8 Å². The van der Waals surface area contributed by atoms with Crippen molar-refractivity contribution in [1.82, 2.24) is 0 Å². The van der Waals surface area contributed by atoms with E-state index in [0.29, 0.717) is 16.6 Å². The lowest BCUT2D eigenvalue weighted by Crippen LogP contribution is -2.51. The van der Waals surface area contributed by atoms with Gasteiger partial charge in [0.15, 0.2) is 0 Å². The Hall–Kier alpha value is -1.26. The molecule has 0 heterocycles. The average molecular weight is 459 g/mol. The number of rotatable bonds is 7. The van der Waals surface area contributed by atoms with Gasteiger partial charge < -0.3 is 9.47 Å². The third-order valence-electron chi connectivity index (χ3n) is 6.84. The highest BCUT2D eigenvalue weighted by atomic mass is 32.2. The van der Waals surface area contributed by atoms with Crippen molar-refractivity contribution in [3.8, 4) is 11.5 Å². The molecule has 3 rings (SSSR count). The summed E-state index contributed by atoms with van der Waals surface area (Å²) in [6.07, 6.45) is 2.48. The van der Waals surface area contributed by atoms with Gasteiger partial charge in [0.2, 0.25) is 0 Å². The number of methoxy groups -OCH3 is 2. The molecule has 0 aromatic heterocycles. The molecule has 0 unspecified atom stereocenters. The summed E-state index contributed by atoms with van der Waals surface area (Å²) in [5.41, 5.74) is 0.533. The van der Waals surface area contributed by atoms with E-state index in [2.05, 4.69) is 90.1 Å². The first kappa shape index (κ1) is 24.4. The van der Waals surface area contributed by atoms with Gasteiger partial charge in [-0.05, 0) is 78.1 Å².